The van der Waals surface area contributed by atoms with Crippen LogP contribution in [0.15, 0.2) is 36.9 Å². The summed E-state index contributed by atoms with van der Waals surface area (Å²) in [5.41, 5.74) is 2.60. The fourth-order valence-corrected chi connectivity index (χ4v) is 4.10. The molecule has 1 aliphatic heterocycles. The van der Waals surface area contributed by atoms with Gasteiger partial charge >= 0.3 is 5.97 Å². The van der Waals surface area contributed by atoms with Gasteiger partial charge in [0.1, 0.15) is 12.7 Å². The molecule has 0 atom stereocenters. The summed E-state index contributed by atoms with van der Waals surface area (Å²) in [4.78, 5) is 14.8. The summed E-state index contributed by atoms with van der Waals surface area (Å²) in [5, 5.41) is 11.6. The maximum absolute atomic E-state index is 12.5. The van der Waals surface area contributed by atoms with Gasteiger partial charge < -0.3 is 28.6 Å². The number of benzene rings is 2. The Morgan fingerprint density at radius 3 is 2.19 bits per heavy atom. The Morgan fingerprint density at radius 2 is 1.56 bits per heavy atom. The van der Waals surface area contributed by atoms with Crippen LogP contribution in [0.2, 0.25) is 0 Å². The van der Waals surface area contributed by atoms with Crippen molar-refractivity contribution in [2.45, 2.75) is 19.3 Å². The van der Waals surface area contributed by atoms with Crippen molar-refractivity contribution in [3.05, 3.63) is 48.0 Å². The molecule has 0 aromatic heterocycles. The first-order chi connectivity index (χ1) is 17.7. The molecule has 0 aliphatic carbocycles. The van der Waals surface area contributed by atoms with Gasteiger partial charge in [-0.3, -0.25) is 0 Å². The van der Waals surface area contributed by atoms with Crippen LogP contribution in [0.5, 0.6) is 0 Å². The molecular weight excluding hydrogens is 460 g/mol. The van der Waals surface area contributed by atoms with Gasteiger partial charge in [-0.2, -0.15) is 5.26 Å². The van der Waals surface area contributed by atoms with E-state index in [0.29, 0.717) is 50.8 Å². The number of fused-ring (bicyclic) bond motifs is 1. The van der Waals surface area contributed by atoms with Crippen molar-refractivity contribution < 1.29 is 28.5 Å². The molecule has 3 rings (SSSR count). The summed E-state index contributed by atoms with van der Waals surface area (Å²) >= 11 is 0. The van der Waals surface area contributed by atoms with Crippen LogP contribution in [0.25, 0.3) is 16.3 Å². The SMILES string of the molecule is C=C(C(=O)OCCOCCOCCOCCOC)c1ccc2c(C#N)c(N3CCCCC3)ccc2c1. The molecule has 0 radical (unpaired) electrons. The van der Waals surface area contributed by atoms with Crippen molar-refractivity contribution >= 4 is 28.0 Å². The Bertz CT molecular complexity index is 1040. The number of methoxy groups -OCH3 is 1. The molecule has 1 fully saturated rings. The van der Waals surface area contributed by atoms with Crippen molar-refractivity contribution in [1.29, 1.82) is 5.26 Å². The zero-order chi connectivity index (χ0) is 25.6. The molecule has 36 heavy (non-hydrogen) atoms. The van der Waals surface area contributed by atoms with Gasteiger partial charge in [0.15, 0.2) is 0 Å². The summed E-state index contributed by atoms with van der Waals surface area (Å²) in [7, 11) is 1.63. The van der Waals surface area contributed by atoms with Crippen molar-refractivity contribution in [2.24, 2.45) is 0 Å². The molecule has 8 nitrogen and oxygen atoms in total. The molecule has 0 unspecified atom stereocenters. The second-order valence-corrected chi connectivity index (χ2v) is 8.50. The number of carbonyl (C=O) groups excluding carboxylic acids is 1. The molecule has 1 saturated heterocycles. The van der Waals surface area contributed by atoms with Gasteiger partial charge in [-0.05, 0) is 42.3 Å². The zero-order valence-corrected chi connectivity index (χ0v) is 21.1. The summed E-state index contributed by atoms with van der Waals surface area (Å²) in [6.45, 7) is 9.22. The molecule has 1 aliphatic rings. The van der Waals surface area contributed by atoms with E-state index < -0.39 is 5.97 Å². The molecular formula is C28H36N2O6. The Labute approximate surface area is 213 Å². The lowest BCUT2D eigenvalue weighted by Gasteiger charge is -2.30. The monoisotopic (exact) mass is 496 g/mol. The van der Waals surface area contributed by atoms with E-state index >= 15 is 0 Å². The lowest BCUT2D eigenvalue weighted by atomic mass is 9.97. The number of anilines is 1. The molecule has 0 saturated carbocycles. The summed E-state index contributed by atoms with van der Waals surface area (Å²) in [5.74, 6) is -0.493. The lowest BCUT2D eigenvalue weighted by molar-refractivity contribution is -0.138. The molecule has 0 bridgehead atoms. The normalized spacial score (nSPS) is 13.5. The average molecular weight is 497 g/mol. The molecule has 8 heteroatoms. The standard InChI is InChI=1S/C28H36N2O6/c1-22(28(31)36-19-18-35-17-16-34-15-14-33-13-12-32-2)23-6-8-25-24(20-23)7-9-27(26(25)21-29)30-10-4-3-5-11-30/h6-9,20H,1,3-5,10-19H2,2H3. The highest BCUT2D eigenvalue weighted by atomic mass is 16.6. The van der Waals surface area contributed by atoms with Gasteiger partial charge in [0.05, 0.1) is 63.1 Å². The average Bonchev–Trinajstić information content (AvgIpc) is 2.92. The van der Waals surface area contributed by atoms with E-state index in [1.165, 1.54) is 6.42 Å². The number of hydrogen-bond donors (Lipinski definition) is 0. The van der Waals surface area contributed by atoms with Gasteiger partial charge in [-0.1, -0.05) is 24.8 Å². The Morgan fingerprint density at radius 1 is 0.917 bits per heavy atom. The van der Waals surface area contributed by atoms with Crippen LogP contribution in [0, 0.1) is 11.3 Å². The number of ether oxygens (including phenoxy) is 5. The highest BCUT2D eigenvalue weighted by Crippen LogP contribution is 2.32. The van der Waals surface area contributed by atoms with Gasteiger partial charge in [0.2, 0.25) is 0 Å². The predicted molar refractivity (Wildman–Crippen MR) is 139 cm³/mol. The van der Waals surface area contributed by atoms with Crippen LogP contribution in [0.1, 0.15) is 30.4 Å². The lowest BCUT2D eigenvalue weighted by Crippen LogP contribution is -2.30. The van der Waals surface area contributed by atoms with E-state index in [9.17, 15) is 10.1 Å². The minimum absolute atomic E-state index is 0.128. The number of nitriles is 1. The van der Waals surface area contributed by atoms with Crippen molar-refractivity contribution in [1.82, 2.24) is 0 Å². The first kappa shape index (κ1) is 27.6. The first-order valence-corrected chi connectivity index (χ1v) is 12.5. The second-order valence-electron chi connectivity index (χ2n) is 8.50. The predicted octanol–water partition coefficient (Wildman–Crippen LogP) is 3.95. The Balaban J connectivity index is 1.43. The topological polar surface area (TPSA) is 90.3 Å². The Hall–Kier alpha value is -2.96. The highest BCUT2D eigenvalue weighted by Gasteiger charge is 2.18. The van der Waals surface area contributed by atoms with Crippen LogP contribution >= 0.6 is 0 Å². The third kappa shape index (κ3) is 8.04. The minimum atomic E-state index is -0.493. The first-order valence-electron chi connectivity index (χ1n) is 12.5. The third-order valence-electron chi connectivity index (χ3n) is 6.04. The Kier molecular flexibility index (Phi) is 11.7. The van der Waals surface area contributed by atoms with Gasteiger partial charge in [0, 0.05) is 25.6 Å². The molecule has 2 aromatic carbocycles. The molecule has 0 spiro atoms. The van der Waals surface area contributed by atoms with Crippen LogP contribution in [-0.2, 0) is 28.5 Å². The number of carbonyl (C=O) groups is 1. The van der Waals surface area contributed by atoms with Crippen molar-refractivity contribution in [2.75, 3.05) is 78.0 Å². The summed E-state index contributed by atoms with van der Waals surface area (Å²) < 4.78 is 26.3. The number of nitrogens with zero attached hydrogens (tertiary/aromatic N) is 2. The van der Waals surface area contributed by atoms with Crippen LogP contribution in [0.4, 0.5) is 5.69 Å². The fourth-order valence-electron chi connectivity index (χ4n) is 4.10. The van der Waals surface area contributed by atoms with Crippen LogP contribution in [0.3, 0.4) is 0 Å². The largest absolute Gasteiger partial charge is 0.460 e. The zero-order valence-electron chi connectivity index (χ0n) is 21.1. The van der Waals surface area contributed by atoms with E-state index in [1.54, 1.807) is 7.11 Å². The van der Waals surface area contributed by atoms with E-state index in [-0.39, 0.29) is 18.8 Å². The third-order valence-corrected chi connectivity index (χ3v) is 6.04. The van der Waals surface area contributed by atoms with Crippen molar-refractivity contribution in [3.8, 4) is 6.07 Å². The van der Waals surface area contributed by atoms with Crippen LogP contribution < -0.4 is 4.90 Å². The van der Waals surface area contributed by atoms with Crippen LogP contribution in [-0.4, -0.2) is 79.0 Å². The quantitative estimate of drug-likeness (QED) is 0.208. The minimum Gasteiger partial charge on any atom is -0.460 e. The molecule has 194 valence electrons. The fraction of sp³-hybridized carbons (Fsp3) is 0.500. The maximum Gasteiger partial charge on any atom is 0.338 e. The molecule has 1 heterocycles. The summed E-state index contributed by atoms with van der Waals surface area (Å²) in [6.07, 6.45) is 3.53. The number of esters is 1. The van der Waals surface area contributed by atoms with Gasteiger partial charge in [0.25, 0.3) is 0 Å². The van der Waals surface area contributed by atoms with E-state index in [1.807, 2.05) is 30.3 Å². The highest BCUT2D eigenvalue weighted by molar-refractivity contribution is 6.16. The van der Waals surface area contributed by atoms with E-state index in [4.69, 9.17) is 23.7 Å². The number of rotatable bonds is 15. The van der Waals surface area contributed by atoms with Gasteiger partial charge in [-0.25, -0.2) is 4.79 Å². The molecule has 2 aromatic rings. The second kappa shape index (κ2) is 15.2. The molecule has 0 amide bonds. The molecule has 0 N–H and O–H groups in total. The smallest absolute Gasteiger partial charge is 0.338 e. The van der Waals surface area contributed by atoms with E-state index in [0.717, 1.165) is 42.4 Å². The van der Waals surface area contributed by atoms with E-state index in [2.05, 4.69) is 17.5 Å². The number of hydrogen-bond acceptors (Lipinski definition) is 8. The number of piperidine rings is 1. The maximum atomic E-state index is 12.5. The van der Waals surface area contributed by atoms with Gasteiger partial charge in [-0.15, -0.1) is 0 Å². The van der Waals surface area contributed by atoms with Crippen molar-refractivity contribution in [3.63, 3.8) is 0 Å². The summed E-state index contributed by atoms with van der Waals surface area (Å²) in [6, 6.07) is 12.0.